The first-order chi connectivity index (χ1) is 8.90. The summed E-state index contributed by atoms with van der Waals surface area (Å²) in [4.78, 5) is 12.3. The van der Waals surface area contributed by atoms with Crippen LogP contribution < -0.4 is 0 Å². The van der Waals surface area contributed by atoms with Crippen LogP contribution in [0.15, 0.2) is 34.8 Å². The van der Waals surface area contributed by atoms with Crippen LogP contribution in [0.1, 0.15) is 21.5 Å². The number of benzene rings is 2. The third kappa shape index (κ3) is 2.99. The fourth-order valence-electron chi connectivity index (χ4n) is 1.62. The predicted octanol–water partition coefficient (Wildman–Crippen LogP) is 5.43. The summed E-state index contributed by atoms with van der Waals surface area (Å²) in [5.41, 5.74) is 1.04. The van der Waals surface area contributed by atoms with Crippen molar-refractivity contribution in [3.63, 3.8) is 0 Å². The number of carbonyl (C=O) groups excluding carboxylic acids is 1. The zero-order valence-corrected chi connectivity index (χ0v) is 12.9. The van der Waals surface area contributed by atoms with E-state index in [1.54, 1.807) is 25.1 Å². The van der Waals surface area contributed by atoms with Gasteiger partial charge in [0, 0.05) is 15.6 Å². The molecule has 0 aliphatic heterocycles. The molecule has 2 aromatic rings. The lowest BCUT2D eigenvalue weighted by molar-refractivity contribution is 0.103. The van der Waals surface area contributed by atoms with Crippen LogP contribution in [0.5, 0.6) is 0 Å². The van der Waals surface area contributed by atoms with Gasteiger partial charge < -0.3 is 0 Å². The number of halogens is 4. The first-order valence-corrected chi connectivity index (χ1v) is 6.90. The van der Waals surface area contributed by atoms with Crippen LogP contribution >= 0.6 is 39.1 Å². The van der Waals surface area contributed by atoms with Crippen molar-refractivity contribution in [3.8, 4) is 0 Å². The lowest BCUT2D eigenvalue weighted by Gasteiger charge is -2.07. The van der Waals surface area contributed by atoms with Crippen molar-refractivity contribution in [3.05, 3.63) is 67.4 Å². The minimum Gasteiger partial charge on any atom is -0.289 e. The summed E-state index contributed by atoms with van der Waals surface area (Å²) in [6.45, 7) is 1.58. The summed E-state index contributed by atoms with van der Waals surface area (Å²) in [6.07, 6.45) is 0. The molecule has 0 spiro atoms. The molecule has 2 aromatic carbocycles. The van der Waals surface area contributed by atoms with Crippen LogP contribution in [0.25, 0.3) is 0 Å². The monoisotopic (exact) mass is 360 g/mol. The van der Waals surface area contributed by atoms with Gasteiger partial charge in [0.1, 0.15) is 5.82 Å². The van der Waals surface area contributed by atoms with E-state index in [1.807, 2.05) is 0 Å². The Kier molecular flexibility index (Phi) is 4.29. The zero-order valence-electron chi connectivity index (χ0n) is 9.81. The van der Waals surface area contributed by atoms with Gasteiger partial charge in [0.15, 0.2) is 5.78 Å². The van der Waals surface area contributed by atoms with Gasteiger partial charge in [-0.05, 0) is 58.7 Å². The molecular formula is C14H8BrCl2FO. The Morgan fingerprint density at radius 3 is 2.47 bits per heavy atom. The molecule has 5 heteroatoms. The summed E-state index contributed by atoms with van der Waals surface area (Å²) >= 11 is 15.1. The molecule has 0 heterocycles. The number of hydrogen-bond donors (Lipinski definition) is 0. The molecule has 0 aromatic heterocycles. The number of rotatable bonds is 2. The molecule has 1 nitrogen and oxygen atoms in total. The second-order valence-corrected chi connectivity index (χ2v) is 5.71. The Morgan fingerprint density at radius 1 is 1.16 bits per heavy atom. The molecule has 0 radical (unpaired) electrons. The van der Waals surface area contributed by atoms with Crippen molar-refractivity contribution in [1.29, 1.82) is 0 Å². The maximum atomic E-state index is 13.3. The maximum absolute atomic E-state index is 13.3. The van der Waals surface area contributed by atoms with Crippen molar-refractivity contribution in [2.45, 2.75) is 6.92 Å². The number of carbonyl (C=O) groups is 1. The van der Waals surface area contributed by atoms with Crippen molar-refractivity contribution in [2.75, 3.05) is 0 Å². The first-order valence-electron chi connectivity index (χ1n) is 5.35. The predicted molar refractivity (Wildman–Crippen MR) is 78.7 cm³/mol. The lowest BCUT2D eigenvalue weighted by atomic mass is 10.0. The number of aryl methyl sites for hydroxylation is 1. The van der Waals surface area contributed by atoms with E-state index >= 15 is 0 Å². The van der Waals surface area contributed by atoms with Crippen LogP contribution in [0.3, 0.4) is 0 Å². The minimum absolute atomic E-state index is 0.0899. The lowest BCUT2D eigenvalue weighted by Crippen LogP contribution is -2.03. The fraction of sp³-hybridized carbons (Fsp3) is 0.0714. The third-order valence-electron chi connectivity index (χ3n) is 2.67. The van der Waals surface area contributed by atoms with E-state index in [1.165, 1.54) is 6.07 Å². The zero-order chi connectivity index (χ0) is 14.2. The third-order valence-corrected chi connectivity index (χ3v) is 4.22. The summed E-state index contributed by atoms with van der Waals surface area (Å²) < 4.78 is 14.0. The van der Waals surface area contributed by atoms with Crippen molar-refractivity contribution in [1.82, 2.24) is 0 Å². The van der Waals surface area contributed by atoms with E-state index < -0.39 is 5.82 Å². The standard InChI is InChI=1S/C14H8BrCl2FO/c1-7-4-9(11(16)6-13(7)18)14(19)8-2-3-10(15)12(17)5-8/h2-6H,1H3. The summed E-state index contributed by atoms with van der Waals surface area (Å²) in [5.74, 6) is -0.724. The Bertz CT molecular complexity index is 671. The average Bonchev–Trinajstić information content (AvgIpc) is 2.36. The van der Waals surface area contributed by atoms with E-state index in [2.05, 4.69) is 15.9 Å². The summed E-state index contributed by atoms with van der Waals surface area (Å²) in [7, 11) is 0. The van der Waals surface area contributed by atoms with Gasteiger partial charge in [-0.3, -0.25) is 4.79 Å². The Labute approximate surface area is 128 Å². The molecule has 0 saturated carbocycles. The van der Waals surface area contributed by atoms with E-state index in [0.717, 1.165) is 6.07 Å². The van der Waals surface area contributed by atoms with Gasteiger partial charge in [-0.1, -0.05) is 23.2 Å². The Morgan fingerprint density at radius 2 is 1.84 bits per heavy atom. The van der Waals surface area contributed by atoms with E-state index in [-0.39, 0.29) is 16.4 Å². The van der Waals surface area contributed by atoms with Gasteiger partial charge in [0.05, 0.1) is 10.0 Å². The quantitative estimate of drug-likeness (QED) is 0.651. The van der Waals surface area contributed by atoms with E-state index in [4.69, 9.17) is 23.2 Å². The molecule has 19 heavy (non-hydrogen) atoms. The highest BCUT2D eigenvalue weighted by atomic mass is 79.9. The molecule has 2 rings (SSSR count). The molecule has 0 bridgehead atoms. The molecule has 98 valence electrons. The largest absolute Gasteiger partial charge is 0.289 e. The maximum Gasteiger partial charge on any atom is 0.194 e. The van der Waals surface area contributed by atoms with Gasteiger partial charge >= 0.3 is 0 Å². The van der Waals surface area contributed by atoms with Gasteiger partial charge in [-0.15, -0.1) is 0 Å². The van der Waals surface area contributed by atoms with Crippen LogP contribution in [0, 0.1) is 12.7 Å². The second-order valence-electron chi connectivity index (χ2n) is 4.04. The summed E-state index contributed by atoms with van der Waals surface area (Å²) in [5, 5.41) is 0.521. The normalized spacial score (nSPS) is 10.6. The molecule has 0 atom stereocenters. The molecule has 0 N–H and O–H groups in total. The van der Waals surface area contributed by atoms with Gasteiger partial charge in [0.2, 0.25) is 0 Å². The van der Waals surface area contributed by atoms with E-state index in [9.17, 15) is 9.18 Å². The highest BCUT2D eigenvalue weighted by Crippen LogP contribution is 2.27. The topological polar surface area (TPSA) is 17.1 Å². The van der Waals surface area contributed by atoms with Crippen molar-refractivity contribution in [2.24, 2.45) is 0 Å². The average molecular weight is 362 g/mol. The van der Waals surface area contributed by atoms with Crippen LogP contribution in [0.4, 0.5) is 4.39 Å². The van der Waals surface area contributed by atoms with Gasteiger partial charge in [-0.25, -0.2) is 4.39 Å². The molecule has 0 amide bonds. The molecular weight excluding hydrogens is 354 g/mol. The van der Waals surface area contributed by atoms with E-state index in [0.29, 0.717) is 20.6 Å². The first kappa shape index (κ1) is 14.5. The molecule has 0 fully saturated rings. The van der Waals surface area contributed by atoms with Crippen LogP contribution in [0.2, 0.25) is 10.0 Å². The second kappa shape index (κ2) is 5.61. The Balaban J connectivity index is 2.49. The summed E-state index contributed by atoms with van der Waals surface area (Å²) in [6, 6.07) is 7.44. The Hall–Kier alpha value is -0.900. The number of hydrogen-bond acceptors (Lipinski definition) is 1. The highest BCUT2D eigenvalue weighted by Gasteiger charge is 2.16. The minimum atomic E-state index is -0.435. The van der Waals surface area contributed by atoms with Gasteiger partial charge in [-0.2, -0.15) is 0 Å². The SMILES string of the molecule is Cc1cc(C(=O)c2ccc(Br)c(Cl)c2)c(Cl)cc1F. The molecule has 0 unspecified atom stereocenters. The molecule has 0 aliphatic carbocycles. The van der Waals surface area contributed by atoms with Gasteiger partial charge in [0.25, 0.3) is 0 Å². The van der Waals surface area contributed by atoms with Crippen molar-refractivity contribution >= 4 is 44.9 Å². The van der Waals surface area contributed by atoms with Crippen LogP contribution in [-0.4, -0.2) is 5.78 Å². The smallest absolute Gasteiger partial charge is 0.194 e. The molecule has 0 saturated heterocycles. The molecule has 0 aliphatic rings. The van der Waals surface area contributed by atoms with Crippen LogP contribution in [-0.2, 0) is 0 Å². The fourth-order valence-corrected chi connectivity index (χ4v) is 2.29. The van der Waals surface area contributed by atoms with Crippen molar-refractivity contribution < 1.29 is 9.18 Å². The number of ketones is 1. The highest BCUT2D eigenvalue weighted by molar-refractivity contribution is 9.10.